The van der Waals surface area contributed by atoms with Gasteiger partial charge in [0, 0.05) is 0 Å². The normalized spacial score (nSPS) is 10.5. The SMILES string of the molecule is CCc1c(Cl)c(N)c(F)c(F)c1Cl. The third kappa shape index (κ3) is 1.58. The van der Waals surface area contributed by atoms with Crippen molar-refractivity contribution in [2.45, 2.75) is 13.3 Å². The molecule has 13 heavy (non-hydrogen) atoms. The molecular weight excluding hydrogens is 219 g/mol. The highest BCUT2D eigenvalue weighted by atomic mass is 35.5. The molecule has 0 atom stereocenters. The lowest BCUT2D eigenvalue weighted by atomic mass is 10.1. The summed E-state index contributed by atoms with van der Waals surface area (Å²) in [5.74, 6) is -2.33. The predicted molar refractivity (Wildman–Crippen MR) is 50.2 cm³/mol. The average Bonchev–Trinajstić information content (AvgIpc) is 2.13. The molecule has 0 aliphatic rings. The molecule has 0 fully saturated rings. The highest BCUT2D eigenvalue weighted by molar-refractivity contribution is 6.37. The summed E-state index contributed by atoms with van der Waals surface area (Å²) in [6, 6.07) is 0. The van der Waals surface area contributed by atoms with E-state index in [9.17, 15) is 8.78 Å². The lowest BCUT2D eigenvalue weighted by Crippen LogP contribution is -2.01. The van der Waals surface area contributed by atoms with Crippen LogP contribution in [0.3, 0.4) is 0 Å². The van der Waals surface area contributed by atoms with Crippen LogP contribution in [0.1, 0.15) is 12.5 Å². The molecule has 0 saturated heterocycles. The summed E-state index contributed by atoms with van der Waals surface area (Å²) in [5.41, 5.74) is 5.17. The number of hydrogen-bond donors (Lipinski definition) is 1. The fourth-order valence-electron chi connectivity index (χ4n) is 1.01. The summed E-state index contributed by atoms with van der Waals surface area (Å²) < 4.78 is 25.9. The monoisotopic (exact) mass is 225 g/mol. The Balaban J connectivity index is 3.56. The van der Waals surface area contributed by atoms with Crippen LogP contribution < -0.4 is 5.73 Å². The maximum absolute atomic E-state index is 13.0. The molecule has 0 heterocycles. The Bertz CT molecular complexity index is 323. The van der Waals surface area contributed by atoms with Crippen molar-refractivity contribution in [3.8, 4) is 0 Å². The van der Waals surface area contributed by atoms with Gasteiger partial charge in [0.05, 0.1) is 15.7 Å². The highest BCUT2D eigenvalue weighted by Crippen LogP contribution is 2.35. The van der Waals surface area contributed by atoms with Gasteiger partial charge < -0.3 is 5.73 Å². The minimum absolute atomic E-state index is 0.00796. The van der Waals surface area contributed by atoms with Crippen molar-refractivity contribution in [3.63, 3.8) is 0 Å². The predicted octanol–water partition coefficient (Wildman–Crippen LogP) is 3.42. The third-order valence-electron chi connectivity index (χ3n) is 1.74. The van der Waals surface area contributed by atoms with Gasteiger partial charge in [-0.1, -0.05) is 30.1 Å². The van der Waals surface area contributed by atoms with Crippen molar-refractivity contribution in [1.82, 2.24) is 0 Å². The molecule has 0 unspecified atom stereocenters. The van der Waals surface area contributed by atoms with Crippen LogP contribution in [0.2, 0.25) is 10.0 Å². The third-order valence-corrected chi connectivity index (χ3v) is 2.57. The Morgan fingerprint density at radius 1 is 1.15 bits per heavy atom. The second kappa shape index (κ2) is 3.68. The molecule has 2 N–H and O–H groups in total. The van der Waals surface area contributed by atoms with Gasteiger partial charge in [0.2, 0.25) is 0 Å². The molecule has 1 aromatic rings. The van der Waals surface area contributed by atoms with E-state index in [1.807, 2.05) is 0 Å². The number of anilines is 1. The van der Waals surface area contributed by atoms with Crippen LogP contribution in [-0.4, -0.2) is 0 Å². The van der Waals surface area contributed by atoms with E-state index in [2.05, 4.69) is 0 Å². The molecule has 0 aromatic heterocycles. The summed E-state index contributed by atoms with van der Waals surface area (Å²) in [5, 5.41) is -0.300. The number of hydrogen-bond acceptors (Lipinski definition) is 1. The Kier molecular flexibility index (Phi) is 2.98. The molecule has 0 amide bonds. The fourth-order valence-corrected chi connectivity index (χ4v) is 1.68. The standard InChI is InChI=1S/C8H7Cl2F2N/c1-2-3-4(9)6(11)7(12)8(13)5(3)10/h2,13H2,1H3. The van der Waals surface area contributed by atoms with Gasteiger partial charge in [0.25, 0.3) is 0 Å². The fraction of sp³-hybridized carbons (Fsp3) is 0.250. The van der Waals surface area contributed by atoms with E-state index in [-0.39, 0.29) is 15.7 Å². The molecule has 1 aromatic carbocycles. The summed E-state index contributed by atoms with van der Waals surface area (Å²) in [6.45, 7) is 1.73. The number of halogens is 4. The van der Waals surface area contributed by atoms with E-state index < -0.39 is 11.6 Å². The first kappa shape index (κ1) is 10.5. The molecule has 1 nitrogen and oxygen atoms in total. The summed E-state index contributed by atoms with van der Waals surface area (Å²) in [7, 11) is 0. The molecular formula is C8H7Cl2F2N. The first-order valence-corrected chi connectivity index (χ1v) is 4.36. The largest absolute Gasteiger partial charge is 0.395 e. The number of benzene rings is 1. The Morgan fingerprint density at radius 3 is 2.15 bits per heavy atom. The maximum atomic E-state index is 13.0. The van der Waals surface area contributed by atoms with Crippen molar-refractivity contribution >= 4 is 28.9 Å². The van der Waals surface area contributed by atoms with E-state index in [0.717, 1.165) is 0 Å². The lowest BCUT2D eigenvalue weighted by Gasteiger charge is -2.09. The van der Waals surface area contributed by atoms with E-state index in [4.69, 9.17) is 28.9 Å². The number of nitrogen functional groups attached to an aromatic ring is 1. The number of rotatable bonds is 1. The van der Waals surface area contributed by atoms with E-state index in [1.54, 1.807) is 6.92 Å². The zero-order valence-electron chi connectivity index (χ0n) is 6.80. The van der Waals surface area contributed by atoms with Crippen molar-refractivity contribution in [2.75, 3.05) is 5.73 Å². The van der Waals surface area contributed by atoms with Gasteiger partial charge in [-0.2, -0.15) is 0 Å². The van der Waals surface area contributed by atoms with Crippen LogP contribution in [0.5, 0.6) is 0 Å². The summed E-state index contributed by atoms with van der Waals surface area (Å²) in [4.78, 5) is 0. The van der Waals surface area contributed by atoms with Gasteiger partial charge in [0.1, 0.15) is 0 Å². The lowest BCUT2D eigenvalue weighted by molar-refractivity contribution is 0.511. The smallest absolute Gasteiger partial charge is 0.184 e. The van der Waals surface area contributed by atoms with Crippen LogP contribution in [0.25, 0.3) is 0 Å². The molecule has 5 heteroatoms. The van der Waals surface area contributed by atoms with Crippen molar-refractivity contribution in [3.05, 3.63) is 27.2 Å². The number of nitrogens with two attached hydrogens (primary N) is 1. The molecule has 0 aliphatic heterocycles. The zero-order chi connectivity index (χ0) is 10.2. The van der Waals surface area contributed by atoms with Gasteiger partial charge in [-0.25, -0.2) is 8.78 Å². The molecule has 0 radical (unpaired) electrons. The average molecular weight is 226 g/mol. The van der Waals surface area contributed by atoms with Gasteiger partial charge >= 0.3 is 0 Å². The van der Waals surface area contributed by atoms with Crippen LogP contribution in [0.15, 0.2) is 0 Å². The topological polar surface area (TPSA) is 26.0 Å². The maximum Gasteiger partial charge on any atom is 0.184 e. The molecule has 1 rings (SSSR count). The van der Waals surface area contributed by atoms with Gasteiger partial charge in [-0.05, 0) is 12.0 Å². The summed E-state index contributed by atoms with van der Waals surface area (Å²) in [6.07, 6.45) is 0.402. The zero-order valence-corrected chi connectivity index (χ0v) is 8.31. The minimum Gasteiger partial charge on any atom is -0.395 e. The molecule has 0 bridgehead atoms. The second-order valence-corrected chi connectivity index (χ2v) is 3.26. The quantitative estimate of drug-likeness (QED) is 0.443. The minimum atomic E-state index is -1.19. The van der Waals surface area contributed by atoms with Gasteiger partial charge in [0.15, 0.2) is 11.6 Å². The van der Waals surface area contributed by atoms with Gasteiger partial charge in [-0.3, -0.25) is 0 Å². The van der Waals surface area contributed by atoms with Gasteiger partial charge in [-0.15, -0.1) is 0 Å². The summed E-state index contributed by atoms with van der Waals surface area (Å²) >= 11 is 11.2. The van der Waals surface area contributed by atoms with Crippen LogP contribution in [0, 0.1) is 11.6 Å². The van der Waals surface area contributed by atoms with E-state index >= 15 is 0 Å². The Hall–Kier alpha value is -0.540. The van der Waals surface area contributed by atoms with Crippen molar-refractivity contribution < 1.29 is 8.78 Å². The highest BCUT2D eigenvalue weighted by Gasteiger charge is 2.19. The molecule has 72 valence electrons. The van der Waals surface area contributed by atoms with Crippen LogP contribution in [-0.2, 0) is 6.42 Å². The molecule has 0 saturated carbocycles. The Labute approximate surface area is 84.4 Å². The van der Waals surface area contributed by atoms with Crippen molar-refractivity contribution in [2.24, 2.45) is 0 Å². The first-order valence-electron chi connectivity index (χ1n) is 3.61. The first-order chi connectivity index (χ1) is 6.00. The van der Waals surface area contributed by atoms with E-state index in [0.29, 0.717) is 12.0 Å². The van der Waals surface area contributed by atoms with E-state index in [1.165, 1.54) is 0 Å². The Morgan fingerprint density at radius 2 is 1.69 bits per heavy atom. The molecule has 0 aliphatic carbocycles. The van der Waals surface area contributed by atoms with Crippen LogP contribution in [0.4, 0.5) is 14.5 Å². The van der Waals surface area contributed by atoms with Crippen molar-refractivity contribution in [1.29, 1.82) is 0 Å². The van der Waals surface area contributed by atoms with Crippen LogP contribution >= 0.6 is 23.2 Å². The second-order valence-electron chi connectivity index (χ2n) is 2.50. The molecule has 0 spiro atoms.